The zero-order valence-corrected chi connectivity index (χ0v) is 16.6. The first-order chi connectivity index (χ1) is 14.6. The molecule has 2 aromatic rings. The number of rotatable bonds is 6. The van der Waals surface area contributed by atoms with Gasteiger partial charge in [0, 0.05) is 18.8 Å². The van der Waals surface area contributed by atoms with Crippen LogP contribution < -0.4 is 20.4 Å². The molecule has 156 valence electrons. The summed E-state index contributed by atoms with van der Waals surface area (Å²) in [7, 11) is 0. The van der Waals surface area contributed by atoms with Gasteiger partial charge < -0.3 is 15.0 Å². The number of carbonyl (C=O) groups is 3. The predicted octanol–water partition coefficient (Wildman–Crippen LogP) is 1.00. The van der Waals surface area contributed by atoms with Gasteiger partial charge in [0.15, 0.2) is 6.29 Å². The normalized spacial score (nSPS) is 18.4. The lowest BCUT2D eigenvalue weighted by atomic mass is 10.3. The Morgan fingerprint density at radius 3 is 2.50 bits per heavy atom. The second kappa shape index (κ2) is 8.42. The molecular weight excluding hydrogens is 386 g/mol. The summed E-state index contributed by atoms with van der Waals surface area (Å²) in [6.07, 6.45) is -0.527. The van der Waals surface area contributed by atoms with E-state index >= 15 is 0 Å². The molecule has 9 heteroatoms. The molecule has 0 aliphatic carbocycles. The van der Waals surface area contributed by atoms with Crippen LogP contribution in [0, 0.1) is 0 Å². The van der Waals surface area contributed by atoms with Crippen molar-refractivity contribution in [1.29, 1.82) is 0 Å². The summed E-state index contributed by atoms with van der Waals surface area (Å²) in [5, 5.41) is 3.82. The Bertz CT molecular complexity index is 951. The second-order valence-electron chi connectivity index (χ2n) is 6.90. The van der Waals surface area contributed by atoms with Crippen LogP contribution in [0.2, 0.25) is 0 Å². The molecule has 3 amide bonds. The highest BCUT2D eigenvalue weighted by Crippen LogP contribution is 2.26. The summed E-state index contributed by atoms with van der Waals surface area (Å²) < 4.78 is 5.51. The highest BCUT2D eigenvalue weighted by Gasteiger charge is 2.45. The fraction of sp³-hybridized carbons (Fsp3) is 0.286. The van der Waals surface area contributed by atoms with Crippen molar-refractivity contribution in [2.45, 2.75) is 13.2 Å². The molecule has 2 heterocycles. The zero-order valence-electron chi connectivity index (χ0n) is 16.6. The quantitative estimate of drug-likeness (QED) is 0.692. The molecule has 0 bridgehead atoms. The number of hydrogen-bond acceptors (Lipinski definition) is 6. The first kappa shape index (κ1) is 19.7. The molecule has 1 atom stereocenters. The van der Waals surface area contributed by atoms with Crippen molar-refractivity contribution >= 4 is 29.1 Å². The molecule has 30 heavy (non-hydrogen) atoms. The lowest BCUT2D eigenvalue weighted by Gasteiger charge is -2.40. The van der Waals surface area contributed by atoms with Crippen LogP contribution in [0.15, 0.2) is 54.6 Å². The summed E-state index contributed by atoms with van der Waals surface area (Å²) >= 11 is 0. The molecule has 0 saturated carbocycles. The highest BCUT2D eigenvalue weighted by molar-refractivity contribution is 6.35. The third-order valence-electron chi connectivity index (χ3n) is 4.98. The Hall–Kier alpha value is -3.59. The number of hydrogen-bond donors (Lipinski definition) is 2. The van der Waals surface area contributed by atoms with E-state index in [2.05, 4.69) is 10.7 Å². The van der Waals surface area contributed by atoms with Crippen LogP contribution in [0.1, 0.15) is 6.92 Å². The average molecular weight is 409 g/mol. The van der Waals surface area contributed by atoms with E-state index in [-0.39, 0.29) is 6.54 Å². The Morgan fingerprint density at radius 2 is 1.73 bits per heavy atom. The van der Waals surface area contributed by atoms with Crippen molar-refractivity contribution in [2.75, 3.05) is 36.5 Å². The van der Waals surface area contributed by atoms with Gasteiger partial charge in [0.25, 0.3) is 0 Å². The van der Waals surface area contributed by atoms with Crippen LogP contribution in [0.4, 0.5) is 11.4 Å². The minimum Gasteiger partial charge on any atom is -0.492 e. The number of amides is 3. The zero-order chi connectivity index (χ0) is 21.1. The van der Waals surface area contributed by atoms with Crippen LogP contribution in [0.3, 0.4) is 0 Å². The van der Waals surface area contributed by atoms with Crippen molar-refractivity contribution in [3.63, 3.8) is 0 Å². The standard InChI is InChI=1S/C21H23N5O4/c1-2-30-17-11-7-6-10-16(17)22-18(27)14-26-20(29)19(28)25-13-12-24(21(25)23-26)15-8-4-3-5-9-15/h3-11,21,23H,2,12-14H2,1H3,(H,22,27). The number of nitrogens with zero attached hydrogens (tertiary/aromatic N) is 3. The van der Waals surface area contributed by atoms with Gasteiger partial charge in [-0.25, -0.2) is 0 Å². The van der Waals surface area contributed by atoms with Gasteiger partial charge in [0.2, 0.25) is 5.91 Å². The van der Waals surface area contributed by atoms with Gasteiger partial charge in [0.05, 0.1) is 12.3 Å². The topological polar surface area (TPSA) is 94.2 Å². The summed E-state index contributed by atoms with van der Waals surface area (Å²) in [5.74, 6) is -1.28. The molecule has 2 aromatic carbocycles. The van der Waals surface area contributed by atoms with E-state index in [4.69, 9.17) is 4.74 Å². The highest BCUT2D eigenvalue weighted by atomic mass is 16.5. The molecule has 4 rings (SSSR count). The van der Waals surface area contributed by atoms with Gasteiger partial charge in [-0.2, -0.15) is 5.43 Å². The van der Waals surface area contributed by atoms with Crippen LogP contribution in [0.25, 0.3) is 0 Å². The number of benzene rings is 2. The van der Waals surface area contributed by atoms with E-state index in [1.807, 2.05) is 48.2 Å². The molecule has 0 radical (unpaired) electrons. The molecule has 9 nitrogen and oxygen atoms in total. The third kappa shape index (κ3) is 3.79. The lowest BCUT2D eigenvalue weighted by molar-refractivity contribution is -0.163. The Balaban J connectivity index is 1.47. The maximum Gasteiger partial charge on any atom is 0.326 e. The summed E-state index contributed by atoms with van der Waals surface area (Å²) in [5.41, 5.74) is 4.46. The Kier molecular flexibility index (Phi) is 5.53. The molecule has 2 saturated heterocycles. The first-order valence-electron chi connectivity index (χ1n) is 9.80. The molecule has 2 aliphatic rings. The van der Waals surface area contributed by atoms with Crippen molar-refractivity contribution < 1.29 is 19.1 Å². The maximum atomic E-state index is 12.6. The molecule has 1 unspecified atom stereocenters. The number of nitrogens with one attached hydrogen (secondary N) is 2. The number of carbonyl (C=O) groups excluding carboxylic acids is 3. The minimum absolute atomic E-state index is 0.308. The molecule has 0 aromatic heterocycles. The van der Waals surface area contributed by atoms with Crippen LogP contribution in [0.5, 0.6) is 5.75 Å². The van der Waals surface area contributed by atoms with Crippen LogP contribution >= 0.6 is 0 Å². The average Bonchev–Trinajstić information content (AvgIpc) is 3.18. The van der Waals surface area contributed by atoms with Crippen LogP contribution in [-0.4, -0.2) is 60.2 Å². The molecule has 2 N–H and O–H groups in total. The number of ether oxygens (including phenoxy) is 1. The Morgan fingerprint density at radius 1 is 1.03 bits per heavy atom. The monoisotopic (exact) mass is 409 g/mol. The number of anilines is 2. The van der Waals surface area contributed by atoms with E-state index in [1.165, 1.54) is 4.90 Å². The van der Waals surface area contributed by atoms with E-state index in [9.17, 15) is 14.4 Å². The first-order valence-corrected chi connectivity index (χ1v) is 9.80. The van der Waals surface area contributed by atoms with Crippen molar-refractivity contribution in [1.82, 2.24) is 15.3 Å². The number of para-hydroxylation sites is 3. The van der Waals surface area contributed by atoms with Crippen molar-refractivity contribution in [3.8, 4) is 5.75 Å². The molecule has 0 spiro atoms. The fourth-order valence-corrected chi connectivity index (χ4v) is 3.61. The van der Waals surface area contributed by atoms with Gasteiger partial charge in [-0.3, -0.25) is 24.3 Å². The van der Waals surface area contributed by atoms with E-state index in [1.54, 1.807) is 18.2 Å². The molecular formula is C21H23N5O4. The summed E-state index contributed by atoms with van der Waals surface area (Å²) in [6, 6.07) is 16.7. The second-order valence-corrected chi connectivity index (χ2v) is 6.90. The number of fused-ring (bicyclic) bond motifs is 1. The van der Waals surface area contributed by atoms with E-state index in [0.29, 0.717) is 31.1 Å². The number of hydrazine groups is 1. The van der Waals surface area contributed by atoms with Crippen molar-refractivity contribution in [2.24, 2.45) is 0 Å². The van der Waals surface area contributed by atoms with Gasteiger partial charge in [-0.15, -0.1) is 0 Å². The van der Waals surface area contributed by atoms with Crippen LogP contribution in [-0.2, 0) is 14.4 Å². The molecule has 2 aliphatic heterocycles. The SMILES string of the molecule is CCOc1ccccc1NC(=O)CN1NC2N(CCN2c2ccccc2)C(=O)C1=O. The fourth-order valence-electron chi connectivity index (χ4n) is 3.61. The lowest BCUT2D eigenvalue weighted by Crippen LogP contribution is -2.68. The van der Waals surface area contributed by atoms with Gasteiger partial charge >= 0.3 is 11.8 Å². The van der Waals surface area contributed by atoms with Gasteiger partial charge in [-0.1, -0.05) is 30.3 Å². The largest absolute Gasteiger partial charge is 0.492 e. The third-order valence-corrected chi connectivity index (χ3v) is 4.98. The summed E-state index contributed by atoms with van der Waals surface area (Å²) in [4.78, 5) is 41.2. The predicted molar refractivity (Wildman–Crippen MR) is 110 cm³/mol. The van der Waals surface area contributed by atoms with Crippen molar-refractivity contribution in [3.05, 3.63) is 54.6 Å². The van der Waals surface area contributed by atoms with E-state index < -0.39 is 24.0 Å². The maximum absolute atomic E-state index is 12.6. The van der Waals surface area contributed by atoms with Gasteiger partial charge in [-0.05, 0) is 31.2 Å². The smallest absolute Gasteiger partial charge is 0.326 e. The Labute approximate surface area is 174 Å². The van der Waals surface area contributed by atoms with Gasteiger partial charge in [0.1, 0.15) is 12.3 Å². The summed E-state index contributed by atoms with van der Waals surface area (Å²) in [6.45, 7) is 3.02. The minimum atomic E-state index is -0.755. The molecule has 2 fully saturated rings. The van der Waals surface area contributed by atoms with E-state index in [0.717, 1.165) is 10.7 Å².